The first kappa shape index (κ1) is 23.5. The molecule has 1 aromatic heterocycles. The van der Waals surface area contributed by atoms with Gasteiger partial charge in [0.2, 0.25) is 0 Å². The minimum absolute atomic E-state index is 0.0283. The number of carboxylic acids is 1. The highest BCUT2D eigenvalue weighted by molar-refractivity contribution is 7.99. The molecule has 8 heteroatoms. The maximum absolute atomic E-state index is 13.7. The molecule has 178 valence electrons. The third-order valence-corrected chi connectivity index (χ3v) is 7.33. The number of aromatic nitrogens is 1. The Morgan fingerprint density at radius 3 is 2.86 bits per heavy atom. The molecule has 5 rings (SSSR count). The molecule has 0 radical (unpaired) electrons. The van der Waals surface area contributed by atoms with E-state index in [1.165, 1.54) is 12.1 Å². The molecule has 0 amide bonds. The van der Waals surface area contributed by atoms with Gasteiger partial charge in [-0.1, -0.05) is 41.9 Å². The molecule has 0 spiro atoms. The Morgan fingerprint density at radius 2 is 2.00 bits per heavy atom. The number of nitrogens with zero attached hydrogens (tertiary/aromatic N) is 1. The van der Waals surface area contributed by atoms with E-state index < -0.39 is 11.8 Å². The average molecular weight is 510 g/mol. The van der Waals surface area contributed by atoms with Crippen LogP contribution in [0, 0.1) is 5.82 Å². The zero-order valence-corrected chi connectivity index (χ0v) is 20.1. The number of ether oxygens (including phenoxy) is 2. The Bertz CT molecular complexity index is 1410. The average Bonchev–Trinajstić information content (AvgIpc) is 3.00. The van der Waals surface area contributed by atoms with Crippen molar-refractivity contribution < 1.29 is 23.8 Å². The van der Waals surface area contributed by atoms with Gasteiger partial charge in [0.15, 0.2) is 0 Å². The normalized spacial score (nSPS) is 14.5. The molecule has 3 aromatic carbocycles. The van der Waals surface area contributed by atoms with Crippen LogP contribution in [0.25, 0.3) is 10.9 Å². The highest BCUT2D eigenvalue weighted by Crippen LogP contribution is 2.45. The van der Waals surface area contributed by atoms with Crippen LogP contribution < -0.4 is 9.47 Å². The van der Waals surface area contributed by atoms with Gasteiger partial charge in [0, 0.05) is 16.7 Å². The molecule has 4 aromatic rings. The van der Waals surface area contributed by atoms with Crippen molar-refractivity contribution >= 4 is 40.2 Å². The van der Waals surface area contributed by atoms with Crippen LogP contribution in [0.1, 0.15) is 34.1 Å². The van der Waals surface area contributed by atoms with Crippen molar-refractivity contribution in [2.75, 3.05) is 5.75 Å². The van der Waals surface area contributed by atoms with Crippen molar-refractivity contribution in [1.29, 1.82) is 0 Å². The molecule has 1 aliphatic heterocycles. The van der Waals surface area contributed by atoms with Gasteiger partial charge in [-0.15, -0.1) is 11.8 Å². The highest BCUT2D eigenvalue weighted by Gasteiger charge is 2.26. The second-order valence-corrected chi connectivity index (χ2v) is 9.75. The Kier molecular flexibility index (Phi) is 6.79. The lowest BCUT2D eigenvalue weighted by Crippen LogP contribution is -2.04. The number of hydrogen-bond donors (Lipinski definition) is 1. The van der Waals surface area contributed by atoms with E-state index in [9.17, 15) is 9.18 Å². The van der Waals surface area contributed by atoms with Crippen LogP contribution in [0.4, 0.5) is 4.39 Å². The van der Waals surface area contributed by atoms with Gasteiger partial charge in [-0.3, -0.25) is 4.79 Å². The van der Waals surface area contributed by atoms with E-state index in [1.807, 2.05) is 36.4 Å². The van der Waals surface area contributed by atoms with Crippen LogP contribution >= 0.6 is 23.4 Å². The van der Waals surface area contributed by atoms with Crippen LogP contribution in [-0.2, 0) is 18.0 Å². The molecule has 0 unspecified atom stereocenters. The first-order valence-corrected chi connectivity index (χ1v) is 12.5. The second kappa shape index (κ2) is 10.1. The number of hydrogen-bond acceptors (Lipinski definition) is 5. The minimum Gasteiger partial charge on any atom is -0.489 e. The fourth-order valence-electron chi connectivity index (χ4n) is 4.04. The SMILES string of the molecule is O=C(O)CCS[C@@H]1c2ccccc2COc2ccc(OCc3ccc4cc(F)c(Cl)cc4n3)cc21. The van der Waals surface area contributed by atoms with E-state index in [4.69, 9.17) is 26.2 Å². The van der Waals surface area contributed by atoms with E-state index in [2.05, 4.69) is 11.1 Å². The molecule has 0 saturated carbocycles. The lowest BCUT2D eigenvalue weighted by molar-refractivity contribution is -0.136. The summed E-state index contributed by atoms with van der Waals surface area (Å²) in [7, 11) is 0. The summed E-state index contributed by atoms with van der Waals surface area (Å²) in [5, 5.41) is 9.73. The van der Waals surface area contributed by atoms with Crippen molar-refractivity contribution in [2.24, 2.45) is 0 Å². The number of fused-ring (bicyclic) bond motifs is 3. The molecule has 1 aliphatic rings. The van der Waals surface area contributed by atoms with Gasteiger partial charge in [0.25, 0.3) is 0 Å². The van der Waals surface area contributed by atoms with Crippen molar-refractivity contribution in [3.63, 3.8) is 0 Å². The smallest absolute Gasteiger partial charge is 0.304 e. The van der Waals surface area contributed by atoms with E-state index >= 15 is 0 Å². The third-order valence-electron chi connectivity index (χ3n) is 5.76. The molecular formula is C27H21ClFNO4S. The predicted molar refractivity (Wildman–Crippen MR) is 135 cm³/mol. The molecule has 0 saturated heterocycles. The second-order valence-electron chi connectivity index (χ2n) is 8.13. The molecule has 0 aliphatic carbocycles. The monoisotopic (exact) mass is 509 g/mol. The number of carboxylic acid groups (broad SMARTS) is 1. The molecule has 0 bridgehead atoms. The van der Waals surface area contributed by atoms with Gasteiger partial charge in [0.1, 0.15) is 30.5 Å². The van der Waals surface area contributed by atoms with Gasteiger partial charge >= 0.3 is 5.97 Å². The minimum atomic E-state index is -0.820. The first-order chi connectivity index (χ1) is 17.0. The maximum atomic E-state index is 13.7. The number of pyridine rings is 1. The molecule has 5 nitrogen and oxygen atoms in total. The number of rotatable bonds is 7. The zero-order valence-electron chi connectivity index (χ0n) is 18.5. The van der Waals surface area contributed by atoms with Gasteiger partial charge in [-0.2, -0.15) is 0 Å². The number of aliphatic carboxylic acids is 1. The number of halogens is 2. The number of benzene rings is 3. The third kappa shape index (κ3) is 5.21. The summed E-state index contributed by atoms with van der Waals surface area (Å²) in [5.74, 6) is 0.578. The summed E-state index contributed by atoms with van der Waals surface area (Å²) < 4.78 is 25.8. The van der Waals surface area contributed by atoms with Gasteiger partial charge < -0.3 is 14.6 Å². The Hall–Kier alpha value is -3.29. The van der Waals surface area contributed by atoms with Crippen molar-refractivity contribution in [1.82, 2.24) is 4.98 Å². The predicted octanol–water partition coefficient (Wildman–Crippen LogP) is 6.80. The number of thioether (sulfide) groups is 1. The van der Waals surface area contributed by atoms with E-state index in [-0.39, 0.29) is 23.3 Å². The lowest BCUT2D eigenvalue weighted by Gasteiger charge is -2.19. The number of carbonyl (C=O) groups is 1. The molecule has 1 atom stereocenters. The lowest BCUT2D eigenvalue weighted by atomic mass is 10.00. The molecular weight excluding hydrogens is 489 g/mol. The van der Waals surface area contributed by atoms with E-state index in [1.54, 1.807) is 23.9 Å². The quantitative estimate of drug-likeness (QED) is 0.295. The van der Waals surface area contributed by atoms with Crippen LogP contribution in [0.5, 0.6) is 11.5 Å². The summed E-state index contributed by atoms with van der Waals surface area (Å²) in [6.45, 7) is 0.668. The van der Waals surface area contributed by atoms with Crippen LogP contribution in [-0.4, -0.2) is 21.8 Å². The molecule has 2 heterocycles. The van der Waals surface area contributed by atoms with Crippen molar-refractivity contribution in [3.05, 3.63) is 100.0 Å². The fraction of sp³-hybridized carbons (Fsp3) is 0.185. The summed E-state index contributed by atoms with van der Waals surface area (Å²) in [6.07, 6.45) is 0.0806. The van der Waals surface area contributed by atoms with Crippen molar-refractivity contribution in [3.8, 4) is 11.5 Å². The summed E-state index contributed by atoms with van der Waals surface area (Å²) >= 11 is 7.48. The fourth-order valence-corrected chi connectivity index (χ4v) is 5.50. The van der Waals surface area contributed by atoms with Crippen LogP contribution in [0.2, 0.25) is 5.02 Å². The standard InChI is InChI=1S/C27H21ClFNO4S/c28-22-13-24-16(11-23(22)29)5-6-18(30-24)15-33-19-7-8-25-21(12-19)27(35-10-9-26(31)32)20-4-2-1-3-17(20)14-34-25/h1-8,11-13,27H,9-10,14-15H2,(H,31,32)/t27-/m1/s1. The summed E-state index contributed by atoms with van der Waals surface area (Å²) in [6, 6.07) is 20.2. The Labute approximate surface area is 210 Å². The maximum Gasteiger partial charge on any atom is 0.304 e. The van der Waals surface area contributed by atoms with Crippen LogP contribution in [0.3, 0.4) is 0 Å². The van der Waals surface area contributed by atoms with E-state index in [0.29, 0.717) is 34.7 Å². The first-order valence-electron chi connectivity index (χ1n) is 11.0. The zero-order chi connectivity index (χ0) is 24.4. The molecule has 1 N–H and O–H groups in total. The van der Waals surface area contributed by atoms with E-state index in [0.717, 1.165) is 22.4 Å². The molecule has 0 fully saturated rings. The van der Waals surface area contributed by atoms with Gasteiger partial charge in [0.05, 0.1) is 27.9 Å². The van der Waals surface area contributed by atoms with Crippen molar-refractivity contribution in [2.45, 2.75) is 24.9 Å². The Balaban J connectivity index is 1.40. The highest BCUT2D eigenvalue weighted by atomic mass is 35.5. The van der Waals surface area contributed by atoms with Crippen LogP contribution in [0.15, 0.2) is 66.7 Å². The summed E-state index contributed by atoms with van der Waals surface area (Å²) in [4.78, 5) is 15.6. The molecule has 35 heavy (non-hydrogen) atoms. The van der Waals surface area contributed by atoms with Gasteiger partial charge in [-0.25, -0.2) is 9.37 Å². The van der Waals surface area contributed by atoms with Gasteiger partial charge in [-0.05, 0) is 47.5 Å². The summed E-state index contributed by atoms with van der Waals surface area (Å²) in [5.41, 5.74) is 4.41. The topological polar surface area (TPSA) is 68.7 Å². The largest absolute Gasteiger partial charge is 0.489 e. The Morgan fingerprint density at radius 1 is 1.14 bits per heavy atom.